The van der Waals surface area contributed by atoms with Crippen LogP contribution >= 0.6 is 23.4 Å². The third kappa shape index (κ3) is 4.30. The number of carbonyl (C=O) groups is 1. The van der Waals surface area contributed by atoms with Crippen LogP contribution in [0, 0.1) is 0 Å². The normalized spacial score (nSPS) is 18.7. The molecule has 1 heterocycles. The van der Waals surface area contributed by atoms with E-state index in [2.05, 4.69) is 10.3 Å². The van der Waals surface area contributed by atoms with Gasteiger partial charge in [0.25, 0.3) is 0 Å². The van der Waals surface area contributed by atoms with Crippen LogP contribution in [0.1, 0.15) is 12.5 Å². The summed E-state index contributed by atoms with van der Waals surface area (Å²) in [6.45, 7) is 2.60. The Labute approximate surface area is 150 Å². The van der Waals surface area contributed by atoms with Crippen LogP contribution in [0.4, 0.5) is 5.69 Å². The van der Waals surface area contributed by atoms with Crippen LogP contribution in [0.3, 0.4) is 0 Å². The zero-order valence-corrected chi connectivity index (χ0v) is 14.7. The number of hydrogen-bond donors (Lipinski definition) is 1. The summed E-state index contributed by atoms with van der Waals surface area (Å²) in [5.74, 6) is 0.830. The Balaban J connectivity index is 1.65. The number of benzene rings is 2. The van der Waals surface area contributed by atoms with Gasteiger partial charge in [-0.15, -0.1) is 0 Å². The third-order valence-electron chi connectivity index (χ3n) is 3.49. The predicted octanol–water partition coefficient (Wildman–Crippen LogP) is 4.20. The fraction of sp³-hybridized carbons (Fsp3) is 0.222. The van der Waals surface area contributed by atoms with Gasteiger partial charge in [-0.2, -0.15) is 0 Å². The highest BCUT2D eigenvalue weighted by Crippen LogP contribution is 2.26. The molecule has 0 spiro atoms. The van der Waals surface area contributed by atoms with Gasteiger partial charge in [0.2, 0.25) is 5.91 Å². The van der Waals surface area contributed by atoms with E-state index in [0.29, 0.717) is 23.2 Å². The van der Waals surface area contributed by atoms with Crippen LogP contribution in [0.2, 0.25) is 5.02 Å². The molecule has 0 unspecified atom stereocenters. The van der Waals surface area contributed by atoms with Crippen molar-refractivity contribution in [2.24, 2.45) is 4.99 Å². The lowest BCUT2D eigenvalue weighted by atomic mass is 10.1. The first-order valence-electron chi connectivity index (χ1n) is 7.67. The van der Waals surface area contributed by atoms with Crippen molar-refractivity contribution in [2.75, 3.05) is 6.61 Å². The van der Waals surface area contributed by atoms with Crippen molar-refractivity contribution >= 4 is 40.1 Å². The Hall–Kier alpha value is -1.98. The quantitative estimate of drug-likeness (QED) is 0.869. The molecule has 1 atom stereocenters. The van der Waals surface area contributed by atoms with Gasteiger partial charge in [0, 0.05) is 5.02 Å². The number of hydrogen-bond acceptors (Lipinski definition) is 4. The Bertz CT molecular complexity index is 745. The van der Waals surface area contributed by atoms with Crippen molar-refractivity contribution in [3.63, 3.8) is 0 Å². The number of amides is 1. The van der Waals surface area contributed by atoms with Crippen LogP contribution < -0.4 is 10.1 Å². The maximum absolute atomic E-state index is 12.1. The maximum atomic E-state index is 12.1. The molecule has 1 N–H and O–H groups in total. The molecular weight excluding hydrogens is 344 g/mol. The highest BCUT2D eigenvalue weighted by Gasteiger charge is 2.30. The van der Waals surface area contributed by atoms with E-state index in [9.17, 15) is 4.79 Å². The summed E-state index contributed by atoms with van der Waals surface area (Å²) in [7, 11) is 0. The number of amidine groups is 1. The summed E-state index contributed by atoms with van der Waals surface area (Å²) in [6.07, 6.45) is 0.655. The maximum Gasteiger partial charge on any atom is 0.239 e. The molecule has 124 valence electrons. The van der Waals surface area contributed by atoms with Gasteiger partial charge in [0.05, 0.1) is 17.5 Å². The molecule has 1 fully saturated rings. The third-order valence-corrected chi connectivity index (χ3v) is 4.82. The van der Waals surface area contributed by atoms with E-state index in [0.717, 1.165) is 17.0 Å². The molecule has 2 aromatic rings. The molecule has 1 aliphatic rings. The fourth-order valence-corrected chi connectivity index (χ4v) is 3.48. The van der Waals surface area contributed by atoms with Gasteiger partial charge in [-0.1, -0.05) is 35.5 Å². The summed E-state index contributed by atoms with van der Waals surface area (Å²) in [5.41, 5.74) is 1.86. The van der Waals surface area contributed by atoms with Crippen LogP contribution in [0.15, 0.2) is 53.5 Å². The molecule has 1 amide bonds. The largest absolute Gasteiger partial charge is 0.494 e. The number of thioether (sulfide) groups is 1. The van der Waals surface area contributed by atoms with Crippen molar-refractivity contribution in [1.82, 2.24) is 5.32 Å². The topological polar surface area (TPSA) is 50.7 Å². The molecule has 1 saturated heterocycles. The molecule has 3 rings (SSSR count). The smallest absolute Gasteiger partial charge is 0.239 e. The zero-order valence-electron chi connectivity index (χ0n) is 13.2. The predicted molar refractivity (Wildman–Crippen MR) is 99.4 cm³/mol. The van der Waals surface area contributed by atoms with Gasteiger partial charge in [-0.3, -0.25) is 4.79 Å². The highest BCUT2D eigenvalue weighted by atomic mass is 35.5. The van der Waals surface area contributed by atoms with Gasteiger partial charge in [-0.25, -0.2) is 4.99 Å². The Morgan fingerprint density at radius 1 is 1.17 bits per heavy atom. The van der Waals surface area contributed by atoms with Gasteiger partial charge < -0.3 is 10.1 Å². The highest BCUT2D eigenvalue weighted by molar-refractivity contribution is 8.15. The number of nitrogens with zero attached hydrogens (tertiary/aromatic N) is 1. The summed E-state index contributed by atoms with van der Waals surface area (Å²) < 4.78 is 5.43. The van der Waals surface area contributed by atoms with Crippen LogP contribution in [0.25, 0.3) is 0 Å². The molecule has 1 aliphatic heterocycles. The summed E-state index contributed by atoms with van der Waals surface area (Å²) >= 11 is 7.32. The molecule has 24 heavy (non-hydrogen) atoms. The minimum atomic E-state index is -0.172. The standard InChI is InChI=1S/C18H17ClN2O2S/c1-2-23-15-9-3-12(4-10-15)11-16-17(22)21-18(24-16)20-14-7-5-13(19)6-8-14/h3-10,16H,2,11H2,1H3,(H,20,21,22)/t16-/m1/s1. The molecule has 0 bridgehead atoms. The van der Waals surface area contributed by atoms with Crippen molar-refractivity contribution in [3.8, 4) is 5.75 Å². The second kappa shape index (κ2) is 7.73. The Morgan fingerprint density at radius 2 is 1.88 bits per heavy atom. The fourth-order valence-electron chi connectivity index (χ4n) is 2.33. The zero-order chi connectivity index (χ0) is 16.9. The average Bonchev–Trinajstić information content (AvgIpc) is 2.91. The summed E-state index contributed by atoms with van der Waals surface area (Å²) in [5, 5.41) is 3.95. The Morgan fingerprint density at radius 3 is 2.54 bits per heavy atom. The number of carbonyl (C=O) groups excluding carboxylic acids is 1. The van der Waals surface area contributed by atoms with E-state index in [1.807, 2.05) is 43.3 Å². The van der Waals surface area contributed by atoms with Crippen LogP contribution in [0.5, 0.6) is 5.75 Å². The number of halogens is 1. The number of rotatable bonds is 5. The lowest BCUT2D eigenvalue weighted by Gasteiger charge is -2.07. The molecular formula is C18H17ClN2O2S. The van der Waals surface area contributed by atoms with Gasteiger partial charge in [0.15, 0.2) is 5.17 Å². The second-order valence-electron chi connectivity index (χ2n) is 5.27. The lowest BCUT2D eigenvalue weighted by Crippen LogP contribution is -2.25. The minimum absolute atomic E-state index is 0.0124. The van der Waals surface area contributed by atoms with Crippen molar-refractivity contribution in [2.45, 2.75) is 18.6 Å². The monoisotopic (exact) mass is 360 g/mol. The van der Waals surface area contributed by atoms with E-state index in [1.54, 1.807) is 12.1 Å². The van der Waals surface area contributed by atoms with Crippen molar-refractivity contribution < 1.29 is 9.53 Å². The average molecular weight is 361 g/mol. The van der Waals surface area contributed by atoms with Gasteiger partial charge in [0.1, 0.15) is 5.75 Å². The first-order chi connectivity index (χ1) is 11.6. The SMILES string of the molecule is CCOc1ccc(C[C@H]2SC(=Nc3ccc(Cl)cc3)NC2=O)cc1. The molecule has 0 aliphatic carbocycles. The molecule has 6 heteroatoms. The van der Waals surface area contributed by atoms with Crippen LogP contribution in [-0.2, 0) is 11.2 Å². The Kier molecular flexibility index (Phi) is 5.43. The number of nitrogens with one attached hydrogen (secondary N) is 1. The first-order valence-corrected chi connectivity index (χ1v) is 8.93. The summed E-state index contributed by atoms with van der Waals surface area (Å²) in [6, 6.07) is 15.0. The van der Waals surface area contributed by atoms with E-state index in [1.165, 1.54) is 11.8 Å². The molecule has 0 radical (unpaired) electrons. The lowest BCUT2D eigenvalue weighted by molar-refractivity contribution is -0.118. The number of ether oxygens (including phenoxy) is 1. The van der Waals surface area contributed by atoms with Crippen molar-refractivity contribution in [3.05, 3.63) is 59.1 Å². The van der Waals surface area contributed by atoms with Crippen molar-refractivity contribution in [1.29, 1.82) is 0 Å². The second-order valence-corrected chi connectivity index (χ2v) is 6.90. The van der Waals surface area contributed by atoms with Gasteiger partial charge >= 0.3 is 0 Å². The molecule has 0 saturated carbocycles. The summed E-state index contributed by atoms with van der Waals surface area (Å²) in [4.78, 5) is 16.6. The van der Waals surface area contributed by atoms with E-state index >= 15 is 0 Å². The van der Waals surface area contributed by atoms with E-state index < -0.39 is 0 Å². The van der Waals surface area contributed by atoms with E-state index in [4.69, 9.17) is 16.3 Å². The number of aliphatic imine (C=N–C) groups is 1. The van der Waals surface area contributed by atoms with E-state index in [-0.39, 0.29) is 11.2 Å². The molecule has 0 aromatic heterocycles. The molecule has 4 nitrogen and oxygen atoms in total. The van der Waals surface area contributed by atoms with Crippen LogP contribution in [-0.4, -0.2) is 22.9 Å². The van der Waals surface area contributed by atoms with Gasteiger partial charge in [-0.05, 0) is 55.3 Å². The molecule has 2 aromatic carbocycles. The first kappa shape index (κ1) is 16.9. The minimum Gasteiger partial charge on any atom is -0.494 e.